The second-order valence-corrected chi connectivity index (χ2v) is 3.80. The van der Waals surface area contributed by atoms with Gasteiger partial charge in [-0.05, 0) is 18.5 Å². The average molecular weight is 171 g/mol. The molecule has 0 radical (unpaired) electrons. The second-order valence-electron chi connectivity index (χ2n) is 2.57. The van der Waals surface area contributed by atoms with Crippen LogP contribution in [0.5, 0.6) is 0 Å². The molecule has 0 saturated carbocycles. The number of piperidine rings is 1. The molecule has 1 unspecified atom stereocenters. The average Bonchev–Trinajstić information content (AvgIpc) is 2.55. The first-order chi connectivity index (χ1) is 5.47. The van der Waals surface area contributed by atoms with Crippen LogP contribution < -0.4 is 5.32 Å². The van der Waals surface area contributed by atoms with Crippen molar-refractivity contribution in [1.29, 1.82) is 0 Å². The number of hydrogen-bond donors (Lipinski definition) is 1. The third kappa shape index (κ3) is 2.24. The fourth-order valence-corrected chi connectivity index (χ4v) is 2.65. The number of nitrogens with one attached hydrogen (secondary N) is 1. The van der Waals surface area contributed by atoms with E-state index < -0.39 is 0 Å². The predicted octanol–water partition coefficient (Wildman–Crippen LogP) is 2.05. The normalized spacial score (nSPS) is 28.2. The Labute approximate surface area is 73.6 Å². The van der Waals surface area contributed by atoms with Crippen molar-refractivity contribution in [2.75, 3.05) is 18.8 Å². The summed E-state index contributed by atoms with van der Waals surface area (Å²) >= 11 is 2.09. The van der Waals surface area contributed by atoms with Gasteiger partial charge in [0.2, 0.25) is 0 Å². The van der Waals surface area contributed by atoms with Gasteiger partial charge in [0.15, 0.2) is 0 Å². The first-order valence-corrected chi connectivity index (χ1v) is 5.53. The molecule has 0 aromatic rings. The van der Waals surface area contributed by atoms with Crippen LogP contribution in [0.25, 0.3) is 0 Å². The van der Waals surface area contributed by atoms with Crippen molar-refractivity contribution < 1.29 is 0 Å². The molecule has 11 heavy (non-hydrogen) atoms. The van der Waals surface area contributed by atoms with Gasteiger partial charge >= 0.3 is 0 Å². The van der Waals surface area contributed by atoms with Gasteiger partial charge in [0.05, 0.1) is 0 Å². The van der Waals surface area contributed by atoms with Crippen molar-refractivity contribution in [2.24, 2.45) is 0 Å². The van der Waals surface area contributed by atoms with E-state index in [1.165, 1.54) is 18.7 Å². The van der Waals surface area contributed by atoms with Crippen molar-refractivity contribution in [3.8, 4) is 0 Å². The number of hydrogen-bond acceptors (Lipinski definition) is 2. The van der Waals surface area contributed by atoms with E-state index in [9.17, 15) is 0 Å². The second kappa shape index (κ2) is 4.83. The Morgan fingerprint density at radius 2 is 2.36 bits per heavy atom. The largest absolute Gasteiger partial charge is 0.313 e. The molecule has 1 atom stereocenters. The fourth-order valence-electron chi connectivity index (χ4n) is 1.43. The molecule has 2 rings (SSSR count). The van der Waals surface area contributed by atoms with Gasteiger partial charge in [-0.25, -0.2) is 0 Å². The molecule has 2 heteroatoms. The van der Waals surface area contributed by atoms with E-state index in [4.69, 9.17) is 0 Å². The summed E-state index contributed by atoms with van der Waals surface area (Å²) in [7, 11) is 0. The lowest BCUT2D eigenvalue weighted by Gasteiger charge is -2.20. The van der Waals surface area contributed by atoms with Crippen LogP contribution in [0.15, 0.2) is 11.6 Å². The molecule has 1 saturated heterocycles. The highest BCUT2D eigenvalue weighted by molar-refractivity contribution is 8.00. The van der Waals surface area contributed by atoms with Crippen molar-refractivity contribution in [2.45, 2.75) is 25.5 Å². The van der Waals surface area contributed by atoms with Gasteiger partial charge in [-0.1, -0.05) is 19.9 Å². The predicted molar refractivity (Wildman–Crippen MR) is 53.2 cm³/mol. The van der Waals surface area contributed by atoms with Gasteiger partial charge in [-0.15, -0.1) is 11.8 Å². The van der Waals surface area contributed by atoms with Gasteiger partial charge in [0.25, 0.3) is 0 Å². The molecule has 0 aromatic carbocycles. The molecule has 0 spiro atoms. The van der Waals surface area contributed by atoms with E-state index in [0.717, 1.165) is 11.8 Å². The lowest BCUT2D eigenvalue weighted by Crippen LogP contribution is -2.30. The van der Waals surface area contributed by atoms with Crippen LogP contribution in [0, 0.1) is 0 Å². The van der Waals surface area contributed by atoms with Crippen LogP contribution in [0.3, 0.4) is 0 Å². The highest BCUT2D eigenvalue weighted by atomic mass is 32.2. The summed E-state index contributed by atoms with van der Waals surface area (Å²) in [6.07, 6.45) is 3.72. The van der Waals surface area contributed by atoms with Gasteiger partial charge in [0, 0.05) is 17.5 Å². The maximum Gasteiger partial charge on any atom is 0.0284 e. The standard InChI is InChI=1S/C7H11NS.C2H6/c1-3-8-5-6-2-4-9-7(1)6;1-2/h2,7-8H,1,3-5H2;1-2H3. The SMILES string of the molecule is C1=C2CNCCC2SC1.CC. The molecule has 2 aliphatic heterocycles. The maximum absolute atomic E-state index is 3.37. The van der Waals surface area contributed by atoms with Gasteiger partial charge < -0.3 is 5.32 Å². The van der Waals surface area contributed by atoms with Crippen molar-refractivity contribution in [3.63, 3.8) is 0 Å². The van der Waals surface area contributed by atoms with Crippen LogP contribution in [0.2, 0.25) is 0 Å². The molecule has 2 aliphatic rings. The molecule has 0 aliphatic carbocycles. The highest BCUT2D eigenvalue weighted by Crippen LogP contribution is 2.30. The maximum atomic E-state index is 3.37. The summed E-state index contributed by atoms with van der Waals surface area (Å²) < 4.78 is 0. The van der Waals surface area contributed by atoms with Gasteiger partial charge in [-0.3, -0.25) is 0 Å². The molecule has 0 aromatic heterocycles. The topological polar surface area (TPSA) is 12.0 Å². The van der Waals surface area contributed by atoms with Crippen LogP contribution in [0.1, 0.15) is 20.3 Å². The van der Waals surface area contributed by atoms with Gasteiger partial charge in [0.1, 0.15) is 0 Å². The minimum Gasteiger partial charge on any atom is -0.313 e. The smallest absolute Gasteiger partial charge is 0.0284 e. The third-order valence-electron chi connectivity index (χ3n) is 1.97. The number of thioether (sulfide) groups is 1. The van der Waals surface area contributed by atoms with Crippen LogP contribution in [-0.4, -0.2) is 24.1 Å². The summed E-state index contributed by atoms with van der Waals surface area (Å²) in [6.45, 7) is 6.37. The van der Waals surface area contributed by atoms with Crippen LogP contribution in [0.4, 0.5) is 0 Å². The lowest BCUT2D eigenvalue weighted by atomic mass is 10.1. The molecular formula is C9H17NS. The zero-order valence-electron chi connectivity index (χ0n) is 7.39. The third-order valence-corrected chi connectivity index (χ3v) is 3.27. The molecule has 1 N–H and O–H groups in total. The van der Waals surface area contributed by atoms with E-state index in [2.05, 4.69) is 23.2 Å². The minimum absolute atomic E-state index is 0.881. The van der Waals surface area contributed by atoms with Crippen molar-refractivity contribution in [3.05, 3.63) is 11.6 Å². The summed E-state index contributed by atoms with van der Waals surface area (Å²) in [4.78, 5) is 0. The first-order valence-electron chi connectivity index (χ1n) is 4.48. The Kier molecular flexibility index (Phi) is 4.02. The van der Waals surface area contributed by atoms with E-state index in [1.54, 1.807) is 5.57 Å². The first kappa shape index (κ1) is 9.14. The Balaban J connectivity index is 0.000000281. The quantitative estimate of drug-likeness (QED) is 0.560. The minimum atomic E-state index is 0.881. The van der Waals surface area contributed by atoms with Crippen LogP contribution >= 0.6 is 11.8 Å². The molecular weight excluding hydrogens is 154 g/mol. The molecule has 0 amide bonds. The summed E-state index contributed by atoms with van der Waals surface area (Å²) in [5.74, 6) is 1.25. The fraction of sp³-hybridized carbons (Fsp3) is 0.778. The Morgan fingerprint density at radius 1 is 1.55 bits per heavy atom. The van der Waals surface area contributed by atoms with Crippen molar-refractivity contribution >= 4 is 11.8 Å². The Bertz CT molecular complexity index is 142. The lowest BCUT2D eigenvalue weighted by molar-refractivity contribution is 0.622. The van der Waals surface area contributed by atoms with Crippen LogP contribution in [-0.2, 0) is 0 Å². The van der Waals surface area contributed by atoms with E-state index in [0.29, 0.717) is 0 Å². The molecule has 1 nitrogen and oxygen atoms in total. The summed E-state index contributed by atoms with van der Waals surface area (Å²) in [5.41, 5.74) is 1.64. The zero-order valence-corrected chi connectivity index (χ0v) is 8.21. The molecule has 0 bridgehead atoms. The molecule has 64 valence electrons. The Morgan fingerprint density at radius 3 is 3.09 bits per heavy atom. The van der Waals surface area contributed by atoms with Crippen molar-refractivity contribution in [1.82, 2.24) is 5.32 Å². The monoisotopic (exact) mass is 171 g/mol. The number of rotatable bonds is 0. The van der Waals surface area contributed by atoms with E-state index in [-0.39, 0.29) is 0 Å². The zero-order chi connectivity index (χ0) is 8.10. The van der Waals surface area contributed by atoms with Gasteiger partial charge in [-0.2, -0.15) is 0 Å². The summed E-state index contributed by atoms with van der Waals surface area (Å²) in [6, 6.07) is 0. The molecule has 1 fully saturated rings. The Hall–Kier alpha value is 0.0500. The number of fused-ring (bicyclic) bond motifs is 1. The summed E-state index contributed by atoms with van der Waals surface area (Å²) in [5, 5.41) is 4.26. The highest BCUT2D eigenvalue weighted by Gasteiger charge is 2.21. The molecule has 2 heterocycles. The van der Waals surface area contributed by atoms with E-state index >= 15 is 0 Å². The van der Waals surface area contributed by atoms with E-state index in [1.807, 2.05) is 13.8 Å².